The van der Waals surface area contributed by atoms with Crippen molar-refractivity contribution in [3.8, 4) is 0 Å². The van der Waals surface area contributed by atoms with Gasteiger partial charge < -0.3 is 12.8 Å². The van der Waals surface area contributed by atoms with Crippen molar-refractivity contribution in [3.05, 3.63) is 12.8 Å². The zero-order valence-corrected chi connectivity index (χ0v) is 11.0. The largest absolute Gasteiger partial charge is 2.00 e. The molecule has 62 valence electrons. The minimum Gasteiger partial charge on any atom is -0.338 e. The average molecular weight is 312 g/mol. The van der Waals surface area contributed by atoms with Crippen molar-refractivity contribution in [2.24, 2.45) is 5.41 Å². The topological polar surface area (TPSA) is 0 Å². The predicted octanol–water partition coefficient (Wildman–Crippen LogP) is 3.48. The molecule has 0 unspecified atom stereocenters. The predicted molar refractivity (Wildman–Crippen MR) is 45.1 cm³/mol. The molecule has 0 saturated heterocycles. The summed E-state index contributed by atoms with van der Waals surface area (Å²) in [5, 5.41) is 0. The minimum atomic E-state index is 0. The molecular formula is C9H20W. The molecule has 0 rings (SSSR count). The zero-order chi connectivity index (χ0) is 8.08. The Morgan fingerprint density at radius 2 is 1.00 bits per heavy atom. The van der Waals surface area contributed by atoms with Gasteiger partial charge in [0.2, 0.25) is 0 Å². The van der Waals surface area contributed by atoms with Gasteiger partial charge >= 0.3 is 21.1 Å². The maximum atomic E-state index is 3.77. The van der Waals surface area contributed by atoms with Gasteiger partial charge in [-0.15, -0.1) is 0 Å². The summed E-state index contributed by atoms with van der Waals surface area (Å²) in [4.78, 5) is 0. The molecule has 0 fully saturated rings. The van der Waals surface area contributed by atoms with E-state index < -0.39 is 0 Å². The smallest absolute Gasteiger partial charge is 0.338 e. The van der Waals surface area contributed by atoms with Crippen LogP contribution in [0.2, 0.25) is 0 Å². The van der Waals surface area contributed by atoms with E-state index in [1.807, 2.05) is 0 Å². The summed E-state index contributed by atoms with van der Waals surface area (Å²) in [5.74, 6) is 1.42. The van der Waals surface area contributed by atoms with Crippen LogP contribution in [0, 0.1) is 18.3 Å². The van der Waals surface area contributed by atoms with Gasteiger partial charge in [0.15, 0.2) is 0 Å². The Labute approximate surface area is 81.1 Å². The van der Waals surface area contributed by atoms with Crippen LogP contribution in [0.25, 0.3) is 0 Å². The third-order valence-corrected chi connectivity index (χ3v) is 0. The Bertz CT molecular complexity index is 41.5. The Kier molecular flexibility index (Phi) is 13.2. The molecule has 0 aromatic carbocycles. The average Bonchev–Trinajstić information content (AvgIpc) is 1.19. The zero-order valence-electron chi connectivity index (χ0n) is 8.12. The maximum Gasteiger partial charge on any atom is 2.00 e. The van der Waals surface area contributed by atoms with Crippen LogP contribution in [-0.2, 0) is 21.1 Å². The van der Waals surface area contributed by atoms with E-state index in [0.29, 0.717) is 0 Å². The summed E-state index contributed by atoms with van der Waals surface area (Å²) in [5.41, 5.74) is 0.250. The maximum absolute atomic E-state index is 3.77. The fraction of sp³-hybridized carbons (Fsp3) is 0.778. The van der Waals surface area contributed by atoms with Crippen LogP contribution in [0.4, 0.5) is 0 Å². The van der Waals surface area contributed by atoms with Crippen molar-refractivity contribution in [2.75, 3.05) is 0 Å². The molecule has 0 aliphatic carbocycles. The van der Waals surface area contributed by atoms with Crippen molar-refractivity contribution in [1.29, 1.82) is 0 Å². The van der Waals surface area contributed by atoms with Crippen molar-refractivity contribution >= 4 is 0 Å². The normalized spacial score (nSPS) is 9.60. The van der Waals surface area contributed by atoms with Gasteiger partial charge in [-0.1, -0.05) is 20.8 Å². The van der Waals surface area contributed by atoms with Crippen LogP contribution < -0.4 is 0 Å². The third-order valence-electron chi connectivity index (χ3n) is 0. The molecule has 0 heterocycles. The molecule has 0 spiro atoms. The quantitative estimate of drug-likeness (QED) is 0.601. The van der Waals surface area contributed by atoms with E-state index in [9.17, 15) is 0 Å². The second-order valence-electron chi connectivity index (χ2n) is 4.06. The first-order valence-corrected chi connectivity index (χ1v) is 3.35. The van der Waals surface area contributed by atoms with Crippen LogP contribution in [0.5, 0.6) is 0 Å². The van der Waals surface area contributed by atoms with E-state index in [1.165, 1.54) is 5.92 Å². The molecule has 0 aliphatic rings. The molecule has 10 heavy (non-hydrogen) atoms. The molecule has 0 aliphatic heterocycles. The molecule has 0 radical (unpaired) electrons. The summed E-state index contributed by atoms with van der Waals surface area (Å²) in [6, 6.07) is 0. The fourth-order valence-electron chi connectivity index (χ4n) is 0. The molecule has 0 N–H and O–H groups in total. The third kappa shape index (κ3) is 1080. The monoisotopic (exact) mass is 312 g/mol. The van der Waals surface area contributed by atoms with Gasteiger partial charge in [0.1, 0.15) is 0 Å². The Morgan fingerprint density at radius 3 is 1.00 bits per heavy atom. The van der Waals surface area contributed by atoms with Crippen molar-refractivity contribution in [2.45, 2.75) is 41.5 Å². The van der Waals surface area contributed by atoms with Gasteiger partial charge in [-0.05, 0) is 0 Å². The first kappa shape index (κ1) is 17.0. The van der Waals surface area contributed by atoms with Gasteiger partial charge in [0.25, 0.3) is 0 Å². The summed E-state index contributed by atoms with van der Waals surface area (Å²) in [7, 11) is 0. The molecule has 0 amide bonds. The summed E-state index contributed by atoms with van der Waals surface area (Å²) in [6.45, 7) is 16.2. The van der Waals surface area contributed by atoms with Crippen molar-refractivity contribution in [3.63, 3.8) is 0 Å². The van der Waals surface area contributed by atoms with Crippen LogP contribution in [0.1, 0.15) is 41.5 Å². The summed E-state index contributed by atoms with van der Waals surface area (Å²) in [6.07, 6.45) is 0. The number of hydrogen-bond donors (Lipinski definition) is 0. The molecule has 0 nitrogen and oxygen atoms in total. The van der Waals surface area contributed by atoms with E-state index in [-0.39, 0.29) is 26.5 Å². The van der Waals surface area contributed by atoms with Crippen LogP contribution in [-0.4, -0.2) is 0 Å². The standard InChI is InChI=1S/C5H11.C4H9.W/c1-5(2,3)4;1-4(2)3;/h1H2,2-4H3;1-3H3;/q2*-1;+2. The van der Waals surface area contributed by atoms with Crippen LogP contribution >= 0.6 is 0 Å². The van der Waals surface area contributed by atoms with E-state index >= 15 is 0 Å². The Balaban J connectivity index is -0.0000000910. The summed E-state index contributed by atoms with van der Waals surface area (Å²) < 4.78 is 0. The van der Waals surface area contributed by atoms with Crippen molar-refractivity contribution in [1.82, 2.24) is 0 Å². The molecule has 0 aromatic rings. The molecule has 0 atom stereocenters. The van der Waals surface area contributed by atoms with Gasteiger partial charge in [-0.3, -0.25) is 0 Å². The molecular weight excluding hydrogens is 292 g/mol. The first-order valence-electron chi connectivity index (χ1n) is 3.35. The van der Waals surface area contributed by atoms with Gasteiger partial charge in [-0.25, -0.2) is 0 Å². The first-order chi connectivity index (χ1) is 3.73. The summed E-state index contributed by atoms with van der Waals surface area (Å²) >= 11 is 0. The van der Waals surface area contributed by atoms with Crippen LogP contribution in [0.3, 0.4) is 0 Å². The van der Waals surface area contributed by atoms with E-state index in [0.717, 1.165) is 0 Å². The Morgan fingerprint density at radius 1 is 1.00 bits per heavy atom. The SMILES string of the molecule is C[C-](C)C.[CH2-]C(C)(C)C.[W+2]. The molecule has 0 saturated carbocycles. The number of hydrogen-bond acceptors (Lipinski definition) is 0. The second kappa shape index (κ2) is 7.79. The van der Waals surface area contributed by atoms with Gasteiger partial charge in [-0.2, -0.15) is 26.2 Å². The Hall–Kier alpha value is 0.688. The molecule has 0 bridgehead atoms. The van der Waals surface area contributed by atoms with E-state index in [1.54, 1.807) is 0 Å². The van der Waals surface area contributed by atoms with Crippen molar-refractivity contribution < 1.29 is 21.1 Å². The van der Waals surface area contributed by atoms with E-state index in [4.69, 9.17) is 0 Å². The minimum absolute atomic E-state index is 0. The molecule has 1 heteroatoms. The van der Waals surface area contributed by atoms with Gasteiger partial charge in [0, 0.05) is 0 Å². The number of rotatable bonds is 0. The molecule has 0 aromatic heterocycles. The van der Waals surface area contributed by atoms with E-state index in [2.05, 4.69) is 48.5 Å². The van der Waals surface area contributed by atoms with Gasteiger partial charge in [0.05, 0.1) is 0 Å². The fourth-order valence-corrected chi connectivity index (χ4v) is 0. The van der Waals surface area contributed by atoms with Crippen LogP contribution in [0.15, 0.2) is 0 Å². The second-order valence-corrected chi connectivity index (χ2v) is 4.06.